The van der Waals surface area contributed by atoms with Gasteiger partial charge >= 0.3 is 5.97 Å². The molecule has 2 aromatic carbocycles. The number of carboxylic acid groups (broad SMARTS) is 1. The van der Waals surface area contributed by atoms with Gasteiger partial charge < -0.3 is 9.84 Å². The molecule has 128 valence electrons. The molecule has 0 aliphatic carbocycles. The van der Waals surface area contributed by atoms with Gasteiger partial charge in [-0.3, -0.25) is 0 Å². The van der Waals surface area contributed by atoms with Gasteiger partial charge in [0, 0.05) is 18.0 Å². The van der Waals surface area contributed by atoms with E-state index >= 15 is 0 Å². The maximum absolute atomic E-state index is 13.2. The van der Waals surface area contributed by atoms with Gasteiger partial charge in [0.1, 0.15) is 24.2 Å². The molecule has 3 aromatic rings. The minimum atomic E-state index is -1.12. The molecular weight excluding hydrogens is 337 g/mol. The summed E-state index contributed by atoms with van der Waals surface area (Å²) in [5, 5.41) is 18.2. The number of carbonyl (C=O) groups is 1. The fourth-order valence-corrected chi connectivity index (χ4v) is 2.26. The van der Waals surface area contributed by atoms with Crippen LogP contribution in [0.25, 0.3) is 11.4 Å². The third-order valence-electron chi connectivity index (χ3n) is 3.54. The quantitative estimate of drug-likeness (QED) is 0.758. The highest BCUT2D eigenvalue weighted by Gasteiger charge is 2.10. The van der Waals surface area contributed by atoms with Crippen molar-refractivity contribution in [3.05, 3.63) is 77.4 Å². The van der Waals surface area contributed by atoms with Gasteiger partial charge in [-0.05, 0) is 35.9 Å². The van der Waals surface area contributed by atoms with Crippen molar-refractivity contribution >= 4 is 5.97 Å². The van der Waals surface area contributed by atoms with Gasteiger partial charge in [-0.1, -0.05) is 12.1 Å². The predicted molar refractivity (Wildman–Crippen MR) is 89.9 cm³/mol. The molecule has 3 rings (SSSR count). The van der Waals surface area contributed by atoms with Gasteiger partial charge in [0.25, 0.3) is 0 Å². The van der Waals surface area contributed by atoms with Crippen LogP contribution in [-0.2, 0) is 6.61 Å². The lowest BCUT2D eigenvalue weighted by Crippen LogP contribution is -2.00. The van der Waals surface area contributed by atoms with Crippen molar-refractivity contribution in [2.45, 2.75) is 6.61 Å². The third-order valence-corrected chi connectivity index (χ3v) is 3.54. The van der Waals surface area contributed by atoms with Crippen LogP contribution < -0.4 is 4.74 Å². The van der Waals surface area contributed by atoms with Crippen molar-refractivity contribution in [2.24, 2.45) is 0 Å². The van der Waals surface area contributed by atoms with Crippen LogP contribution in [0.4, 0.5) is 4.39 Å². The molecule has 0 spiro atoms. The molecule has 0 saturated heterocycles. The number of aromatic nitrogens is 2. The molecule has 0 atom stereocenters. The zero-order valence-electron chi connectivity index (χ0n) is 13.4. The van der Waals surface area contributed by atoms with Gasteiger partial charge in [0.2, 0.25) is 0 Å². The summed E-state index contributed by atoms with van der Waals surface area (Å²) in [7, 11) is 0. The van der Waals surface area contributed by atoms with Crippen LogP contribution in [0.3, 0.4) is 0 Å². The molecule has 1 aromatic heterocycles. The van der Waals surface area contributed by atoms with Gasteiger partial charge in [-0.2, -0.15) is 5.26 Å². The summed E-state index contributed by atoms with van der Waals surface area (Å²) in [5.41, 5.74) is 1.44. The molecule has 0 unspecified atom stereocenters. The van der Waals surface area contributed by atoms with Crippen molar-refractivity contribution in [1.29, 1.82) is 5.26 Å². The molecule has 0 radical (unpaired) electrons. The molecular formula is C19H12FN3O3. The predicted octanol–water partition coefficient (Wildman–Crippen LogP) is 3.43. The van der Waals surface area contributed by atoms with E-state index in [1.807, 2.05) is 6.07 Å². The molecule has 0 bridgehead atoms. The summed E-state index contributed by atoms with van der Waals surface area (Å²) in [5.74, 6) is -0.829. The first-order valence-electron chi connectivity index (χ1n) is 7.54. The zero-order chi connectivity index (χ0) is 18.5. The van der Waals surface area contributed by atoms with Gasteiger partial charge in [0.05, 0.1) is 11.1 Å². The van der Waals surface area contributed by atoms with E-state index in [9.17, 15) is 14.4 Å². The highest BCUT2D eigenvalue weighted by Crippen LogP contribution is 2.25. The van der Waals surface area contributed by atoms with Crippen molar-refractivity contribution in [3.8, 4) is 23.2 Å². The number of halogens is 1. The molecule has 26 heavy (non-hydrogen) atoms. The summed E-state index contributed by atoms with van der Waals surface area (Å²) < 4.78 is 18.8. The Bertz CT molecular complexity index is 998. The largest absolute Gasteiger partial charge is 0.488 e. The smallest absolute Gasteiger partial charge is 0.338 e. The summed E-state index contributed by atoms with van der Waals surface area (Å²) in [6, 6.07) is 12.9. The zero-order valence-corrected chi connectivity index (χ0v) is 13.4. The van der Waals surface area contributed by atoms with Gasteiger partial charge in [-0.25, -0.2) is 19.2 Å². The number of nitriles is 1. The lowest BCUT2D eigenvalue weighted by molar-refractivity contribution is 0.0696. The van der Waals surface area contributed by atoms with Crippen LogP contribution in [0.1, 0.15) is 21.5 Å². The lowest BCUT2D eigenvalue weighted by Gasteiger charge is -2.09. The Labute approximate surface area is 148 Å². The molecule has 0 amide bonds. The standard InChI is InChI=1S/C19H12FN3O3/c20-16-3-1-2-12(6-16)11-26-17-5-4-13(7-14(17)8-21)18-22-9-15(10-23-18)19(24)25/h1-7,9-10H,11H2,(H,24,25). The van der Waals surface area contributed by atoms with E-state index in [1.54, 1.807) is 30.3 Å². The van der Waals surface area contributed by atoms with E-state index in [4.69, 9.17) is 9.84 Å². The van der Waals surface area contributed by atoms with Crippen LogP contribution in [0.5, 0.6) is 5.75 Å². The average molecular weight is 349 g/mol. The molecule has 0 saturated carbocycles. The number of aromatic carboxylic acids is 1. The number of rotatable bonds is 5. The van der Waals surface area contributed by atoms with Crippen molar-refractivity contribution in [3.63, 3.8) is 0 Å². The highest BCUT2D eigenvalue weighted by molar-refractivity contribution is 5.86. The number of carboxylic acids is 1. The fraction of sp³-hybridized carbons (Fsp3) is 0.0526. The summed E-state index contributed by atoms with van der Waals surface area (Å²) in [6.45, 7) is 0.121. The molecule has 0 aliphatic heterocycles. The number of hydrogen-bond donors (Lipinski definition) is 1. The monoisotopic (exact) mass is 349 g/mol. The van der Waals surface area contributed by atoms with E-state index in [2.05, 4.69) is 9.97 Å². The second-order valence-electron chi connectivity index (χ2n) is 5.34. The molecule has 1 N–H and O–H groups in total. The molecule has 0 aliphatic rings. The maximum Gasteiger partial charge on any atom is 0.338 e. The highest BCUT2D eigenvalue weighted by atomic mass is 19.1. The van der Waals surface area contributed by atoms with Gasteiger partial charge in [-0.15, -0.1) is 0 Å². The van der Waals surface area contributed by atoms with Crippen LogP contribution in [-0.4, -0.2) is 21.0 Å². The van der Waals surface area contributed by atoms with Crippen LogP contribution in [0, 0.1) is 17.1 Å². The first-order chi connectivity index (χ1) is 12.6. The Hall–Kier alpha value is -3.79. The SMILES string of the molecule is N#Cc1cc(-c2ncc(C(=O)O)cn2)ccc1OCc1cccc(F)c1. The Balaban J connectivity index is 1.81. The maximum atomic E-state index is 13.2. The Morgan fingerprint density at radius 3 is 2.62 bits per heavy atom. The first-order valence-corrected chi connectivity index (χ1v) is 7.54. The normalized spacial score (nSPS) is 10.2. The van der Waals surface area contributed by atoms with E-state index in [-0.39, 0.29) is 23.6 Å². The first kappa shape index (κ1) is 17.0. The third kappa shape index (κ3) is 3.82. The second-order valence-corrected chi connectivity index (χ2v) is 5.34. The van der Waals surface area contributed by atoms with Crippen LogP contribution >= 0.6 is 0 Å². The van der Waals surface area contributed by atoms with Crippen molar-refractivity contribution < 1.29 is 19.0 Å². The van der Waals surface area contributed by atoms with E-state index in [0.717, 1.165) is 0 Å². The average Bonchev–Trinajstić information content (AvgIpc) is 2.66. The number of hydrogen-bond acceptors (Lipinski definition) is 5. The number of ether oxygens (including phenoxy) is 1. The van der Waals surface area contributed by atoms with Crippen LogP contribution in [0.2, 0.25) is 0 Å². The summed E-state index contributed by atoms with van der Waals surface area (Å²) >= 11 is 0. The summed E-state index contributed by atoms with van der Waals surface area (Å²) in [4.78, 5) is 18.8. The minimum absolute atomic E-state index is 0.0238. The Morgan fingerprint density at radius 1 is 1.19 bits per heavy atom. The molecule has 7 heteroatoms. The molecule has 1 heterocycles. The second kappa shape index (κ2) is 7.40. The van der Waals surface area contributed by atoms with Crippen molar-refractivity contribution in [1.82, 2.24) is 9.97 Å². The fourth-order valence-electron chi connectivity index (χ4n) is 2.26. The van der Waals surface area contributed by atoms with E-state index in [0.29, 0.717) is 22.7 Å². The summed E-state index contributed by atoms with van der Waals surface area (Å²) in [6.07, 6.45) is 2.40. The molecule has 6 nitrogen and oxygen atoms in total. The number of benzene rings is 2. The van der Waals surface area contributed by atoms with E-state index in [1.165, 1.54) is 24.5 Å². The molecule has 0 fully saturated rings. The Kier molecular flexibility index (Phi) is 4.85. The topological polar surface area (TPSA) is 96.1 Å². The van der Waals surface area contributed by atoms with Gasteiger partial charge in [0.15, 0.2) is 5.82 Å². The Morgan fingerprint density at radius 2 is 1.96 bits per heavy atom. The van der Waals surface area contributed by atoms with E-state index < -0.39 is 5.97 Å². The van der Waals surface area contributed by atoms with Crippen molar-refractivity contribution in [2.75, 3.05) is 0 Å². The lowest BCUT2D eigenvalue weighted by atomic mass is 10.1. The number of nitrogens with zero attached hydrogens (tertiary/aromatic N) is 3. The minimum Gasteiger partial charge on any atom is -0.488 e. The van der Waals surface area contributed by atoms with Crippen LogP contribution in [0.15, 0.2) is 54.9 Å².